The van der Waals surface area contributed by atoms with Crippen molar-refractivity contribution in [2.45, 2.75) is 31.9 Å². The van der Waals surface area contributed by atoms with Crippen molar-refractivity contribution >= 4 is 16.7 Å². The highest BCUT2D eigenvalue weighted by Gasteiger charge is 2.41. The van der Waals surface area contributed by atoms with E-state index in [4.69, 9.17) is 9.84 Å². The van der Waals surface area contributed by atoms with E-state index in [2.05, 4.69) is 4.98 Å². The molecule has 0 saturated heterocycles. The summed E-state index contributed by atoms with van der Waals surface area (Å²) < 4.78 is 43.8. The predicted octanol–water partition coefficient (Wildman–Crippen LogP) is 4.68. The van der Waals surface area contributed by atoms with Gasteiger partial charge in [0.1, 0.15) is 0 Å². The van der Waals surface area contributed by atoms with Crippen molar-refractivity contribution in [1.29, 1.82) is 0 Å². The van der Waals surface area contributed by atoms with Gasteiger partial charge in [-0.3, -0.25) is 0 Å². The normalized spacial score (nSPS) is 21.2. The van der Waals surface area contributed by atoms with Crippen LogP contribution >= 0.6 is 0 Å². The molecule has 25 heavy (non-hydrogen) atoms. The molecule has 0 radical (unpaired) electrons. The molecule has 0 aliphatic heterocycles. The average molecular weight is 353 g/mol. The van der Waals surface area contributed by atoms with Crippen molar-refractivity contribution < 1.29 is 27.8 Å². The summed E-state index contributed by atoms with van der Waals surface area (Å²) in [5, 5.41) is 10.4. The Hall–Kier alpha value is -2.31. The van der Waals surface area contributed by atoms with Crippen LogP contribution in [-0.4, -0.2) is 28.8 Å². The zero-order valence-electron chi connectivity index (χ0n) is 13.4. The van der Waals surface area contributed by atoms with Crippen LogP contribution in [0.1, 0.15) is 36.0 Å². The predicted molar refractivity (Wildman–Crippen MR) is 85.7 cm³/mol. The van der Waals surface area contributed by atoms with Crippen LogP contribution in [0, 0.1) is 11.8 Å². The summed E-state index contributed by atoms with van der Waals surface area (Å²) in [4.78, 5) is 15.2. The molecular formula is C18H18F3NO3. The van der Waals surface area contributed by atoms with Crippen LogP contribution in [0.2, 0.25) is 0 Å². The molecule has 134 valence electrons. The van der Waals surface area contributed by atoms with Gasteiger partial charge < -0.3 is 9.84 Å². The number of aromatic carboxylic acids is 1. The minimum atomic E-state index is -4.11. The number of pyridine rings is 1. The Bertz CT molecular complexity index is 768. The molecule has 1 aliphatic rings. The van der Waals surface area contributed by atoms with Crippen molar-refractivity contribution in [1.82, 2.24) is 4.98 Å². The highest BCUT2D eigenvalue weighted by atomic mass is 19.4. The molecule has 0 unspecified atom stereocenters. The number of benzene rings is 1. The van der Waals surface area contributed by atoms with E-state index in [-0.39, 0.29) is 24.3 Å². The largest absolute Gasteiger partial charge is 0.478 e. The molecule has 1 aliphatic carbocycles. The summed E-state index contributed by atoms with van der Waals surface area (Å²) in [5.41, 5.74) is 0.176. The number of alkyl halides is 3. The third-order valence-corrected chi connectivity index (χ3v) is 4.74. The first-order valence-electron chi connectivity index (χ1n) is 8.16. The summed E-state index contributed by atoms with van der Waals surface area (Å²) in [5.74, 6) is -1.75. The number of halogens is 3. The molecule has 1 aromatic heterocycles. The molecule has 1 heterocycles. The van der Waals surface area contributed by atoms with Crippen molar-refractivity contribution in [2.75, 3.05) is 6.61 Å². The standard InChI is InChI=1S/C18H18F3NO3/c19-18(20,21)14-4-1-11(2-5-14)10-25-16-15-6-3-13(17(23)24)9-12(15)7-8-22-16/h3,6-9,11,14H,1-2,4-5,10H2,(H,23,24). The zero-order valence-corrected chi connectivity index (χ0v) is 13.4. The number of ether oxygens (including phenoxy) is 1. The number of carboxylic acids is 1. The van der Waals surface area contributed by atoms with Gasteiger partial charge in [0, 0.05) is 11.6 Å². The van der Waals surface area contributed by atoms with Gasteiger partial charge in [-0.05, 0) is 61.3 Å². The molecule has 1 aromatic carbocycles. The summed E-state index contributed by atoms with van der Waals surface area (Å²) in [6, 6.07) is 6.36. The lowest BCUT2D eigenvalue weighted by atomic mass is 9.82. The maximum Gasteiger partial charge on any atom is 0.391 e. The Morgan fingerprint density at radius 3 is 2.56 bits per heavy atom. The van der Waals surface area contributed by atoms with Crippen LogP contribution in [0.25, 0.3) is 10.8 Å². The highest BCUT2D eigenvalue weighted by Crippen LogP contribution is 2.39. The highest BCUT2D eigenvalue weighted by molar-refractivity contribution is 5.95. The van der Waals surface area contributed by atoms with E-state index in [1.165, 1.54) is 12.3 Å². The molecule has 7 heteroatoms. The van der Waals surface area contributed by atoms with E-state index in [0.717, 1.165) is 0 Å². The van der Waals surface area contributed by atoms with Crippen LogP contribution in [0.5, 0.6) is 5.88 Å². The van der Waals surface area contributed by atoms with Gasteiger partial charge in [-0.25, -0.2) is 9.78 Å². The van der Waals surface area contributed by atoms with E-state index < -0.39 is 18.1 Å². The number of fused-ring (bicyclic) bond motifs is 1. The quantitative estimate of drug-likeness (QED) is 0.867. The first-order valence-corrected chi connectivity index (χ1v) is 8.16. The average Bonchev–Trinajstić information content (AvgIpc) is 2.59. The molecule has 4 nitrogen and oxygen atoms in total. The van der Waals surface area contributed by atoms with E-state index in [0.29, 0.717) is 36.1 Å². The fourth-order valence-corrected chi connectivity index (χ4v) is 3.25. The monoisotopic (exact) mass is 353 g/mol. The zero-order chi connectivity index (χ0) is 18.0. The van der Waals surface area contributed by atoms with Crippen LogP contribution in [0.15, 0.2) is 30.5 Å². The lowest BCUT2D eigenvalue weighted by Gasteiger charge is -2.29. The molecular weight excluding hydrogens is 335 g/mol. The SMILES string of the molecule is O=C(O)c1ccc2c(OCC3CCC(C(F)(F)F)CC3)nccc2c1. The van der Waals surface area contributed by atoms with Crippen molar-refractivity contribution in [2.24, 2.45) is 11.8 Å². The van der Waals surface area contributed by atoms with Crippen LogP contribution in [0.3, 0.4) is 0 Å². The van der Waals surface area contributed by atoms with Crippen LogP contribution in [-0.2, 0) is 0 Å². The van der Waals surface area contributed by atoms with Gasteiger partial charge in [-0.15, -0.1) is 0 Å². The summed E-state index contributed by atoms with van der Waals surface area (Å²) >= 11 is 0. The third-order valence-electron chi connectivity index (χ3n) is 4.74. The van der Waals surface area contributed by atoms with Gasteiger partial charge >= 0.3 is 12.1 Å². The maximum absolute atomic E-state index is 12.7. The van der Waals surface area contributed by atoms with Crippen LogP contribution in [0.4, 0.5) is 13.2 Å². The lowest BCUT2D eigenvalue weighted by molar-refractivity contribution is -0.184. The number of carboxylic acid groups (broad SMARTS) is 1. The Kier molecular flexibility index (Phi) is 4.83. The van der Waals surface area contributed by atoms with Crippen LogP contribution < -0.4 is 4.74 Å². The molecule has 0 amide bonds. The molecule has 1 N–H and O–H groups in total. The first-order chi connectivity index (χ1) is 11.8. The topological polar surface area (TPSA) is 59.4 Å². The molecule has 1 saturated carbocycles. The van der Waals surface area contributed by atoms with Crippen molar-refractivity contribution in [3.8, 4) is 5.88 Å². The number of aromatic nitrogens is 1. The molecule has 3 rings (SSSR count). The maximum atomic E-state index is 12.7. The molecule has 0 atom stereocenters. The van der Waals surface area contributed by atoms with E-state index >= 15 is 0 Å². The Morgan fingerprint density at radius 1 is 1.20 bits per heavy atom. The van der Waals surface area contributed by atoms with Gasteiger partial charge in [-0.1, -0.05) is 0 Å². The summed E-state index contributed by atoms with van der Waals surface area (Å²) in [7, 11) is 0. The second-order valence-corrected chi connectivity index (χ2v) is 6.43. The number of hydrogen-bond acceptors (Lipinski definition) is 3. The number of rotatable bonds is 4. The third kappa shape index (κ3) is 4.03. The summed E-state index contributed by atoms with van der Waals surface area (Å²) in [6.07, 6.45) is -1.32. The molecule has 1 fully saturated rings. The smallest absolute Gasteiger partial charge is 0.391 e. The van der Waals surface area contributed by atoms with Gasteiger partial charge in [0.15, 0.2) is 0 Å². The first kappa shape index (κ1) is 17.5. The Balaban J connectivity index is 1.65. The van der Waals surface area contributed by atoms with Gasteiger partial charge in [0.05, 0.1) is 18.1 Å². The minimum Gasteiger partial charge on any atom is -0.478 e. The van der Waals surface area contributed by atoms with Gasteiger partial charge in [0.2, 0.25) is 5.88 Å². The molecule has 0 spiro atoms. The number of hydrogen-bond donors (Lipinski definition) is 1. The van der Waals surface area contributed by atoms with Crippen molar-refractivity contribution in [3.63, 3.8) is 0 Å². The fraction of sp³-hybridized carbons (Fsp3) is 0.444. The lowest BCUT2D eigenvalue weighted by Crippen LogP contribution is -2.29. The number of carbonyl (C=O) groups is 1. The van der Waals surface area contributed by atoms with E-state index in [1.807, 2.05) is 0 Å². The second kappa shape index (κ2) is 6.90. The van der Waals surface area contributed by atoms with E-state index in [1.54, 1.807) is 18.2 Å². The molecule has 2 aromatic rings. The second-order valence-electron chi connectivity index (χ2n) is 6.43. The summed E-state index contributed by atoms with van der Waals surface area (Å²) in [6.45, 7) is 0.317. The van der Waals surface area contributed by atoms with E-state index in [9.17, 15) is 18.0 Å². The van der Waals surface area contributed by atoms with Crippen molar-refractivity contribution in [3.05, 3.63) is 36.0 Å². The fourth-order valence-electron chi connectivity index (χ4n) is 3.25. The Labute approximate surface area is 142 Å². The molecule has 0 bridgehead atoms. The van der Waals surface area contributed by atoms with Gasteiger partial charge in [0.25, 0.3) is 0 Å². The minimum absolute atomic E-state index is 0.0777. The van der Waals surface area contributed by atoms with Gasteiger partial charge in [-0.2, -0.15) is 13.2 Å². The number of nitrogens with zero attached hydrogens (tertiary/aromatic N) is 1. The Morgan fingerprint density at radius 2 is 1.92 bits per heavy atom.